The number of urea groups is 1. The van der Waals surface area contributed by atoms with Crippen LogP contribution in [0.25, 0.3) is 16.9 Å². The average Bonchev–Trinajstić information content (AvgIpc) is 3.17. The van der Waals surface area contributed by atoms with Crippen LogP contribution in [0.5, 0.6) is 0 Å². The molecular formula is C19H20N4O3S. The minimum Gasteiger partial charge on any atom is -0.334 e. The van der Waals surface area contributed by atoms with Crippen molar-refractivity contribution < 1.29 is 13.2 Å². The van der Waals surface area contributed by atoms with Gasteiger partial charge < -0.3 is 5.32 Å². The number of hydrogen-bond donors (Lipinski definition) is 2. The zero-order valence-electron chi connectivity index (χ0n) is 14.8. The standard InChI is InChI=1S/C19H20N4O3S/c1-13-6-5-10-23-17(13)21-16(14-7-3-2-4-8-14)18(23)22-19(24)20-15-9-11-27(25,26)12-15/h2-8,10,15H,9,11-12H2,1H3,(H2,20,22,24)/t15-/m0/s1. The van der Waals surface area contributed by atoms with Crippen LogP contribution in [0.1, 0.15) is 12.0 Å². The molecule has 1 atom stereocenters. The van der Waals surface area contributed by atoms with Crippen LogP contribution in [0.3, 0.4) is 0 Å². The van der Waals surface area contributed by atoms with Gasteiger partial charge in [-0.25, -0.2) is 18.2 Å². The first-order valence-corrected chi connectivity index (χ1v) is 10.6. The highest BCUT2D eigenvalue weighted by Crippen LogP contribution is 2.29. The molecule has 1 aliphatic heterocycles. The molecule has 2 aromatic heterocycles. The Labute approximate surface area is 157 Å². The van der Waals surface area contributed by atoms with E-state index >= 15 is 0 Å². The second-order valence-corrected chi connectivity index (χ2v) is 8.99. The van der Waals surface area contributed by atoms with Crippen LogP contribution in [-0.2, 0) is 9.84 Å². The van der Waals surface area contributed by atoms with E-state index in [1.54, 1.807) is 0 Å². The molecule has 1 aliphatic rings. The number of anilines is 1. The van der Waals surface area contributed by atoms with E-state index in [1.165, 1.54) is 0 Å². The second kappa shape index (κ2) is 6.70. The van der Waals surface area contributed by atoms with Crippen molar-refractivity contribution in [2.75, 3.05) is 16.8 Å². The van der Waals surface area contributed by atoms with Gasteiger partial charge in [0.25, 0.3) is 0 Å². The van der Waals surface area contributed by atoms with Crippen molar-refractivity contribution in [2.45, 2.75) is 19.4 Å². The van der Waals surface area contributed by atoms with Crippen LogP contribution in [0, 0.1) is 6.92 Å². The van der Waals surface area contributed by atoms with Gasteiger partial charge in [0.15, 0.2) is 9.84 Å². The van der Waals surface area contributed by atoms with E-state index in [-0.39, 0.29) is 17.5 Å². The average molecular weight is 384 g/mol. The molecule has 4 rings (SSSR count). The first-order valence-electron chi connectivity index (χ1n) is 8.74. The number of pyridine rings is 1. The first kappa shape index (κ1) is 17.5. The highest BCUT2D eigenvalue weighted by Gasteiger charge is 2.29. The summed E-state index contributed by atoms with van der Waals surface area (Å²) in [5.41, 5.74) is 3.30. The van der Waals surface area contributed by atoms with Crippen molar-refractivity contribution in [1.29, 1.82) is 0 Å². The van der Waals surface area contributed by atoms with Gasteiger partial charge in [-0.2, -0.15) is 0 Å². The summed E-state index contributed by atoms with van der Waals surface area (Å²) >= 11 is 0. The summed E-state index contributed by atoms with van der Waals surface area (Å²) in [5, 5.41) is 5.63. The molecule has 1 aromatic carbocycles. The van der Waals surface area contributed by atoms with Crippen molar-refractivity contribution in [2.24, 2.45) is 0 Å². The minimum absolute atomic E-state index is 0.0157. The zero-order chi connectivity index (χ0) is 19.0. The molecule has 1 saturated heterocycles. The van der Waals surface area contributed by atoms with E-state index in [0.29, 0.717) is 17.9 Å². The first-order chi connectivity index (χ1) is 12.9. The molecule has 2 N–H and O–H groups in total. The van der Waals surface area contributed by atoms with E-state index in [0.717, 1.165) is 16.8 Å². The van der Waals surface area contributed by atoms with Gasteiger partial charge in [-0.05, 0) is 25.0 Å². The van der Waals surface area contributed by atoms with Crippen LogP contribution in [0.15, 0.2) is 48.7 Å². The fourth-order valence-corrected chi connectivity index (χ4v) is 5.03. The number of nitrogens with zero attached hydrogens (tertiary/aromatic N) is 2. The third-order valence-corrected chi connectivity index (χ3v) is 6.46. The maximum atomic E-state index is 12.5. The minimum atomic E-state index is -3.05. The number of hydrogen-bond acceptors (Lipinski definition) is 4. The molecule has 0 bridgehead atoms. The van der Waals surface area contributed by atoms with Crippen molar-refractivity contribution in [3.05, 3.63) is 54.2 Å². The summed E-state index contributed by atoms with van der Waals surface area (Å²) in [7, 11) is -3.05. The predicted molar refractivity (Wildman–Crippen MR) is 105 cm³/mol. The van der Waals surface area contributed by atoms with E-state index in [1.807, 2.05) is 60.0 Å². The number of carbonyl (C=O) groups is 1. The van der Waals surface area contributed by atoms with Gasteiger partial charge in [-0.3, -0.25) is 9.72 Å². The van der Waals surface area contributed by atoms with Gasteiger partial charge in [0.05, 0.1) is 11.5 Å². The van der Waals surface area contributed by atoms with Gasteiger partial charge >= 0.3 is 6.03 Å². The quantitative estimate of drug-likeness (QED) is 0.726. The molecule has 3 heterocycles. The molecule has 0 radical (unpaired) electrons. The van der Waals surface area contributed by atoms with Gasteiger partial charge in [-0.15, -0.1) is 0 Å². The lowest BCUT2D eigenvalue weighted by atomic mass is 10.1. The number of aromatic nitrogens is 2. The monoisotopic (exact) mass is 384 g/mol. The maximum absolute atomic E-state index is 12.5. The third-order valence-electron chi connectivity index (χ3n) is 4.69. The highest BCUT2D eigenvalue weighted by molar-refractivity contribution is 7.91. The largest absolute Gasteiger partial charge is 0.334 e. The van der Waals surface area contributed by atoms with Gasteiger partial charge in [0.2, 0.25) is 0 Å². The molecule has 1 fully saturated rings. The summed E-state index contributed by atoms with van der Waals surface area (Å²) in [4.78, 5) is 17.2. The Morgan fingerprint density at radius 2 is 1.96 bits per heavy atom. The molecule has 0 saturated carbocycles. The van der Waals surface area contributed by atoms with E-state index < -0.39 is 15.9 Å². The lowest BCUT2D eigenvalue weighted by Gasteiger charge is -2.13. The Balaban J connectivity index is 1.68. The van der Waals surface area contributed by atoms with E-state index in [2.05, 4.69) is 10.6 Å². The third kappa shape index (κ3) is 3.52. The van der Waals surface area contributed by atoms with Crippen LogP contribution >= 0.6 is 0 Å². The Kier molecular flexibility index (Phi) is 4.35. The smallest absolute Gasteiger partial charge is 0.320 e. The SMILES string of the molecule is Cc1cccn2c(NC(=O)N[C@H]3CCS(=O)(=O)C3)c(-c3ccccc3)nc12. The molecule has 0 aliphatic carbocycles. The summed E-state index contributed by atoms with van der Waals surface area (Å²) in [6, 6.07) is 12.7. The lowest BCUT2D eigenvalue weighted by molar-refractivity contribution is 0.249. The lowest BCUT2D eigenvalue weighted by Crippen LogP contribution is -2.38. The Morgan fingerprint density at radius 1 is 1.19 bits per heavy atom. The molecular weight excluding hydrogens is 364 g/mol. The normalized spacial score (nSPS) is 18.5. The summed E-state index contributed by atoms with van der Waals surface area (Å²) < 4.78 is 25.0. The fraction of sp³-hybridized carbons (Fsp3) is 0.263. The molecule has 140 valence electrons. The van der Waals surface area contributed by atoms with Crippen LogP contribution in [0.2, 0.25) is 0 Å². The summed E-state index contributed by atoms with van der Waals surface area (Å²) in [5.74, 6) is 0.651. The van der Waals surface area contributed by atoms with Gasteiger partial charge in [0, 0.05) is 17.8 Å². The van der Waals surface area contributed by atoms with Crippen molar-refractivity contribution in [3.63, 3.8) is 0 Å². The maximum Gasteiger partial charge on any atom is 0.320 e. The molecule has 27 heavy (non-hydrogen) atoms. The Morgan fingerprint density at radius 3 is 2.67 bits per heavy atom. The summed E-state index contributed by atoms with van der Waals surface area (Å²) in [6.07, 6.45) is 2.28. The highest BCUT2D eigenvalue weighted by atomic mass is 32.2. The molecule has 3 aromatic rings. The van der Waals surface area contributed by atoms with Crippen LogP contribution in [-0.4, -0.2) is 41.4 Å². The van der Waals surface area contributed by atoms with E-state index in [9.17, 15) is 13.2 Å². The van der Waals surface area contributed by atoms with Crippen molar-refractivity contribution >= 4 is 27.3 Å². The second-order valence-electron chi connectivity index (χ2n) is 6.76. The molecule has 0 unspecified atom stereocenters. The number of carbonyl (C=O) groups excluding carboxylic acids is 1. The number of amides is 2. The number of aryl methyl sites for hydroxylation is 1. The molecule has 8 heteroatoms. The topological polar surface area (TPSA) is 92.6 Å². The molecule has 2 amide bonds. The summed E-state index contributed by atoms with van der Waals surface area (Å²) in [6.45, 7) is 1.96. The number of fused-ring (bicyclic) bond motifs is 1. The van der Waals surface area contributed by atoms with Gasteiger partial charge in [0.1, 0.15) is 17.2 Å². The Hall–Kier alpha value is -2.87. The number of nitrogens with one attached hydrogen (secondary N) is 2. The predicted octanol–water partition coefficient (Wildman–Crippen LogP) is 2.62. The van der Waals surface area contributed by atoms with Crippen LogP contribution < -0.4 is 10.6 Å². The van der Waals surface area contributed by atoms with Crippen molar-refractivity contribution in [1.82, 2.24) is 14.7 Å². The van der Waals surface area contributed by atoms with Gasteiger partial charge in [-0.1, -0.05) is 36.4 Å². The number of imidazole rings is 1. The number of benzene rings is 1. The fourth-order valence-electron chi connectivity index (χ4n) is 3.36. The Bertz CT molecular complexity index is 1110. The zero-order valence-corrected chi connectivity index (χ0v) is 15.7. The molecule has 0 spiro atoms. The molecule has 7 nitrogen and oxygen atoms in total. The van der Waals surface area contributed by atoms with Crippen LogP contribution in [0.4, 0.5) is 10.6 Å². The van der Waals surface area contributed by atoms with E-state index in [4.69, 9.17) is 4.98 Å². The number of rotatable bonds is 3. The number of sulfone groups is 1. The van der Waals surface area contributed by atoms with Crippen molar-refractivity contribution in [3.8, 4) is 11.3 Å².